The van der Waals surface area contributed by atoms with Crippen molar-refractivity contribution in [3.8, 4) is 5.75 Å². The lowest BCUT2D eigenvalue weighted by Crippen LogP contribution is -2.39. The van der Waals surface area contributed by atoms with E-state index in [9.17, 15) is 14.4 Å². The van der Waals surface area contributed by atoms with Crippen LogP contribution in [-0.2, 0) is 18.4 Å². The Morgan fingerprint density at radius 2 is 1.91 bits per heavy atom. The highest BCUT2D eigenvalue weighted by Crippen LogP contribution is 2.24. The Bertz CT molecular complexity index is 821. The summed E-state index contributed by atoms with van der Waals surface area (Å²) in [5, 5.41) is 2.71. The van der Waals surface area contributed by atoms with E-state index in [1.807, 2.05) is 19.9 Å². The molecule has 7 nitrogen and oxygen atoms in total. The second kappa shape index (κ2) is 6.95. The monoisotopic (exact) mass is 317 g/mol. The minimum absolute atomic E-state index is 0.0284. The molecular formula is C16H19N3O4. The predicted molar refractivity (Wildman–Crippen MR) is 86.8 cm³/mol. The van der Waals surface area contributed by atoms with E-state index in [1.54, 1.807) is 18.2 Å². The van der Waals surface area contributed by atoms with Crippen molar-refractivity contribution in [1.29, 1.82) is 0 Å². The fourth-order valence-electron chi connectivity index (χ4n) is 2.01. The highest BCUT2D eigenvalue weighted by atomic mass is 16.5. The van der Waals surface area contributed by atoms with Gasteiger partial charge in [0.25, 0.3) is 5.56 Å². The van der Waals surface area contributed by atoms with E-state index in [1.165, 1.54) is 23.9 Å². The lowest BCUT2D eigenvalue weighted by Gasteiger charge is -2.15. The highest BCUT2D eigenvalue weighted by molar-refractivity contribution is 5.92. The standard InChI is InChI=1S/C16H19N3O4/c1-11(2)23-13-7-5-4-6-12(13)17-14(20)10-19-9-8-15(21)18(3)16(19)22/h4-9,11H,10H2,1-3H3,(H,17,20). The molecule has 1 aromatic carbocycles. The molecule has 0 saturated carbocycles. The largest absolute Gasteiger partial charge is 0.489 e. The third-order valence-corrected chi connectivity index (χ3v) is 3.10. The van der Waals surface area contributed by atoms with E-state index >= 15 is 0 Å². The molecule has 23 heavy (non-hydrogen) atoms. The molecule has 0 spiro atoms. The third-order valence-electron chi connectivity index (χ3n) is 3.10. The molecule has 2 rings (SSSR count). The number of carbonyl (C=O) groups is 1. The van der Waals surface area contributed by atoms with Crippen LogP contribution in [0.2, 0.25) is 0 Å². The molecule has 1 heterocycles. The van der Waals surface area contributed by atoms with Crippen molar-refractivity contribution in [2.45, 2.75) is 26.5 Å². The minimum atomic E-state index is -0.542. The number of aromatic nitrogens is 2. The number of ether oxygens (including phenoxy) is 1. The number of hydrogen-bond acceptors (Lipinski definition) is 4. The molecular weight excluding hydrogens is 298 g/mol. The number of hydrogen-bond donors (Lipinski definition) is 1. The number of nitrogens with one attached hydrogen (secondary N) is 1. The zero-order valence-electron chi connectivity index (χ0n) is 13.3. The van der Waals surface area contributed by atoms with Crippen molar-refractivity contribution in [3.05, 3.63) is 57.4 Å². The van der Waals surface area contributed by atoms with E-state index in [0.29, 0.717) is 11.4 Å². The van der Waals surface area contributed by atoms with Gasteiger partial charge in [0.15, 0.2) is 0 Å². The van der Waals surface area contributed by atoms with Crippen LogP contribution in [0.25, 0.3) is 0 Å². The first-order valence-corrected chi connectivity index (χ1v) is 7.20. The van der Waals surface area contributed by atoms with Crippen molar-refractivity contribution >= 4 is 11.6 Å². The first-order valence-electron chi connectivity index (χ1n) is 7.20. The topological polar surface area (TPSA) is 82.3 Å². The van der Waals surface area contributed by atoms with Crippen LogP contribution in [0.3, 0.4) is 0 Å². The van der Waals surface area contributed by atoms with E-state index in [-0.39, 0.29) is 18.6 Å². The van der Waals surface area contributed by atoms with Crippen molar-refractivity contribution < 1.29 is 9.53 Å². The Morgan fingerprint density at radius 3 is 2.61 bits per heavy atom. The fourth-order valence-corrected chi connectivity index (χ4v) is 2.01. The van der Waals surface area contributed by atoms with Gasteiger partial charge < -0.3 is 10.1 Å². The van der Waals surface area contributed by atoms with Crippen molar-refractivity contribution in [3.63, 3.8) is 0 Å². The van der Waals surface area contributed by atoms with Gasteiger partial charge in [-0.25, -0.2) is 4.79 Å². The van der Waals surface area contributed by atoms with E-state index in [0.717, 1.165) is 4.57 Å². The number of carbonyl (C=O) groups excluding carboxylic acids is 1. The van der Waals surface area contributed by atoms with Gasteiger partial charge >= 0.3 is 5.69 Å². The first kappa shape index (κ1) is 16.5. The number of nitrogens with zero attached hydrogens (tertiary/aromatic N) is 2. The van der Waals surface area contributed by atoms with Crippen molar-refractivity contribution in [2.75, 3.05) is 5.32 Å². The number of para-hydroxylation sites is 2. The second-order valence-corrected chi connectivity index (χ2v) is 5.33. The Balaban J connectivity index is 2.16. The molecule has 1 aromatic heterocycles. The molecule has 0 aliphatic rings. The van der Waals surface area contributed by atoms with Crippen LogP contribution in [0.5, 0.6) is 5.75 Å². The maximum atomic E-state index is 12.2. The van der Waals surface area contributed by atoms with E-state index in [4.69, 9.17) is 4.74 Å². The summed E-state index contributed by atoms with van der Waals surface area (Å²) in [4.78, 5) is 35.4. The summed E-state index contributed by atoms with van der Waals surface area (Å²) in [5.41, 5.74) is -0.425. The van der Waals surface area contributed by atoms with Gasteiger partial charge in [0.2, 0.25) is 5.91 Å². The molecule has 2 aromatic rings. The Hall–Kier alpha value is -2.83. The van der Waals surface area contributed by atoms with Gasteiger partial charge in [0.05, 0.1) is 11.8 Å². The molecule has 7 heteroatoms. The normalized spacial score (nSPS) is 10.6. The second-order valence-electron chi connectivity index (χ2n) is 5.33. The Kier molecular flexibility index (Phi) is 5.00. The SMILES string of the molecule is CC(C)Oc1ccccc1NC(=O)Cn1ccc(=O)n(C)c1=O. The highest BCUT2D eigenvalue weighted by Gasteiger charge is 2.11. The van der Waals surface area contributed by atoms with Crippen LogP contribution in [0, 0.1) is 0 Å². The number of benzene rings is 1. The summed E-state index contributed by atoms with van der Waals surface area (Å²) < 4.78 is 7.74. The summed E-state index contributed by atoms with van der Waals surface area (Å²) in [5.74, 6) is 0.175. The molecule has 0 radical (unpaired) electrons. The first-order chi connectivity index (χ1) is 10.9. The van der Waals surface area contributed by atoms with Crippen LogP contribution in [0.15, 0.2) is 46.1 Å². The number of amides is 1. The minimum Gasteiger partial charge on any atom is -0.489 e. The molecule has 1 amide bonds. The molecule has 0 unspecified atom stereocenters. The third kappa shape index (κ3) is 4.09. The maximum absolute atomic E-state index is 12.2. The molecule has 1 N–H and O–H groups in total. The Labute approximate surface area is 133 Å². The lowest BCUT2D eigenvalue weighted by molar-refractivity contribution is -0.116. The van der Waals surface area contributed by atoms with Gasteiger partial charge in [0.1, 0.15) is 12.3 Å². The fraction of sp³-hybridized carbons (Fsp3) is 0.312. The van der Waals surface area contributed by atoms with Crippen LogP contribution in [0.4, 0.5) is 5.69 Å². The van der Waals surface area contributed by atoms with E-state index in [2.05, 4.69) is 5.32 Å². The predicted octanol–water partition coefficient (Wildman–Crippen LogP) is 0.973. The summed E-state index contributed by atoms with van der Waals surface area (Å²) in [6.45, 7) is 3.59. The zero-order chi connectivity index (χ0) is 17.0. The quantitative estimate of drug-likeness (QED) is 0.891. The van der Waals surface area contributed by atoms with Gasteiger partial charge in [-0.05, 0) is 26.0 Å². The van der Waals surface area contributed by atoms with Gasteiger partial charge in [-0.15, -0.1) is 0 Å². The molecule has 0 atom stereocenters. The summed E-state index contributed by atoms with van der Waals surface area (Å²) in [7, 11) is 1.37. The molecule has 0 aliphatic heterocycles. The molecule has 0 bridgehead atoms. The van der Waals surface area contributed by atoms with Crippen LogP contribution < -0.4 is 21.3 Å². The van der Waals surface area contributed by atoms with Crippen LogP contribution in [-0.4, -0.2) is 21.1 Å². The lowest BCUT2D eigenvalue weighted by atomic mass is 10.3. The molecule has 122 valence electrons. The Morgan fingerprint density at radius 1 is 1.22 bits per heavy atom. The summed E-state index contributed by atoms with van der Waals surface area (Å²) in [6.07, 6.45) is 1.28. The zero-order valence-corrected chi connectivity index (χ0v) is 13.3. The van der Waals surface area contributed by atoms with Crippen LogP contribution in [0.1, 0.15) is 13.8 Å². The summed E-state index contributed by atoms with van der Waals surface area (Å²) >= 11 is 0. The van der Waals surface area contributed by atoms with Gasteiger partial charge in [0, 0.05) is 19.3 Å². The molecule has 0 saturated heterocycles. The van der Waals surface area contributed by atoms with Gasteiger partial charge in [-0.1, -0.05) is 12.1 Å². The van der Waals surface area contributed by atoms with Gasteiger partial charge in [-0.3, -0.25) is 18.7 Å². The average Bonchev–Trinajstić information content (AvgIpc) is 2.49. The smallest absolute Gasteiger partial charge is 0.331 e. The number of rotatable bonds is 5. The maximum Gasteiger partial charge on any atom is 0.331 e. The molecule has 0 fully saturated rings. The van der Waals surface area contributed by atoms with Crippen molar-refractivity contribution in [2.24, 2.45) is 7.05 Å². The molecule has 0 aliphatic carbocycles. The van der Waals surface area contributed by atoms with Gasteiger partial charge in [-0.2, -0.15) is 0 Å². The van der Waals surface area contributed by atoms with Crippen LogP contribution >= 0.6 is 0 Å². The van der Waals surface area contributed by atoms with E-state index < -0.39 is 11.2 Å². The number of anilines is 1. The van der Waals surface area contributed by atoms with Crippen molar-refractivity contribution in [1.82, 2.24) is 9.13 Å². The summed E-state index contributed by atoms with van der Waals surface area (Å²) in [6, 6.07) is 8.31. The average molecular weight is 317 g/mol.